The van der Waals surface area contributed by atoms with Crippen molar-refractivity contribution < 1.29 is 33.4 Å². The molecule has 8 nitrogen and oxygen atoms in total. The monoisotopic (exact) mass is 457 g/mol. The topological polar surface area (TPSA) is 121 Å². The molecule has 0 fully saturated rings. The van der Waals surface area contributed by atoms with Gasteiger partial charge in [0.1, 0.15) is 0 Å². The zero-order valence-electron chi connectivity index (χ0n) is 18.7. The molecular weight excluding hydrogens is 414 g/mol. The van der Waals surface area contributed by atoms with Crippen molar-refractivity contribution in [3.05, 3.63) is 0 Å². The van der Waals surface area contributed by atoms with Crippen molar-refractivity contribution in [1.29, 1.82) is 0 Å². The number of rotatable bonds is 16. The minimum atomic E-state index is -2.27. The Morgan fingerprint density at radius 1 is 0.857 bits per heavy atom. The standard InChI is InChI=1S/C17H43NO7Si3/c1-26(2,3)24-28(7,25-27(4,5)6)10-8-9-23-12-16(22)11-18-17(13-19,14-20)15-21/h16,18-22H,8-15H2,1-7H3. The maximum atomic E-state index is 10.0. The summed E-state index contributed by atoms with van der Waals surface area (Å²) in [7, 11) is -5.69. The van der Waals surface area contributed by atoms with E-state index in [9.17, 15) is 20.4 Å². The van der Waals surface area contributed by atoms with E-state index in [1.54, 1.807) is 0 Å². The highest BCUT2D eigenvalue weighted by atomic mass is 28.5. The summed E-state index contributed by atoms with van der Waals surface area (Å²) in [5.41, 5.74) is -1.20. The number of hydrogen-bond donors (Lipinski definition) is 5. The molecule has 0 aliphatic carbocycles. The summed E-state index contributed by atoms with van der Waals surface area (Å²) in [5.74, 6) is 0. The van der Waals surface area contributed by atoms with Crippen LogP contribution in [0.25, 0.3) is 0 Å². The molecule has 0 aliphatic heterocycles. The molecule has 170 valence electrons. The van der Waals surface area contributed by atoms with E-state index in [0.29, 0.717) is 6.61 Å². The second-order valence-corrected chi connectivity index (χ2v) is 22.4. The second kappa shape index (κ2) is 12.2. The Kier molecular flexibility index (Phi) is 12.4. The minimum absolute atomic E-state index is 0.103. The highest BCUT2D eigenvalue weighted by Crippen LogP contribution is 2.25. The van der Waals surface area contributed by atoms with Crippen LogP contribution in [0.5, 0.6) is 0 Å². The summed E-state index contributed by atoms with van der Waals surface area (Å²) in [6.45, 7) is 14.7. The van der Waals surface area contributed by atoms with Gasteiger partial charge in [0, 0.05) is 13.2 Å². The van der Waals surface area contributed by atoms with Crippen molar-refractivity contribution in [2.45, 2.75) is 69.9 Å². The van der Waals surface area contributed by atoms with Crippen LogP contribution in [0.2, 0.25) is 51.9 Å². The molecule has 5 N–H and O–H groups in total. The van der Waals surface area contributed by atoms with Gasteiger partial charge in [0.2, 0.25) is 0 Å². The lowest BCUT2D eigenvalue weighted by Crippen LogP contribution is -2.57. The average molecular weight is 458 g/mol. The van der Waals surface area contributed by atoms with Crippen LogP contribution in [0.4, 0.5) is 0 Å². The lowest BCUT2D eigenvalue weighted by Gasteiger charge is -2.38. The van der Waals surface area contributed by atoms with Gasteiger partial charge in [0.25, 0.3) is 0 Å². The highest BCUT2D eigenvalue weighted by Gasteiger charge is 2.39. The van der Waals surface area contributed by atoms with Crippen LogP contribution >= 0.6 is 0 Å². The third-order valence-electron chi connectivity index (χ3n) is 3.89. The van der Waals surface area contributed by atoms with Gasteiger partial charge in [-0.15, -0.1) is 0 Å². The number of ether oxygens (including phenoxy) is 1. The van der Waals surface area contributed by atoms with Crippen molar-refractivity contribution in [2.24, 2.45) is 0 Å². The van der Waals surface area contributed by atoms with E-state index in [0.717, 1.165) is 12.5 Å². The van der Waals surface area contributed by atoms with Crippen LogP contribution in [-0.4, -0.2) is 96.8 Å². The predicted octanol–water partition coefficient (Wildman–Crippen LogP) is 0.834. The summed E-state index contributed by atoms with van der Waals surface area (Å²) < 4.78 is 18.5. The van der Waals surface area contributed by atoms with Gasteiger partial charge in [-0.1, -0.05) is 0 Å². The smallest absolute Gasteiger partial charge is 0.314 e. The Labute approximate surface area is 173 Å². The molecule has 0 saturated carbocycles. The first-order chi connectivity index (χ1) is 12.7. The lowest BCUT2D eigenvalue weighted by molar-refractivity contribution is 0.00835. The van der Waals surface area contributed by atoms with Crippen LogP contribution in [-0.2, 0) is 13.0 Å². The molecule has 0 bridgehead atoms. The largest absolute Gasteiger partial charge is 0.437 e. The van der Waals surface area contributed by atoms with Gasteiger partial charge in [0.15, 0.2) is 16.6 Å². The molecule has 0 aromatic rings. The summed E-state index contributed by atoms with van der Waals surface area (Å²) in [6, 6.07) is 0.846. The number of nitrogens with one attached hydrogen (secondary N) is 1. The second-order valence-electron chi connectivity index (χ2n) is 9.53. The van der Waals surface area contributed by atoms with E-state index >= 15 is 0 Å². The van der Waals surface area contributed by atoms with Crippen molar-refractivity contribution in [1.82, 2.24) is 5.32 Å². The fourth-order valence-corrected chi connectivity index (χ4v) is 15.4. The molecule has 28 heavy (non-hydrogen) atoms. The zero-order chi connectivity index (χ0) is 22.1. The summed E-state index contributed by atoms with van der Waals surface area (Å²) in [4.78, 5) is 0. The van der Waals surface area contributed by atoms with E-state index in [4.69, 9.17) is 13.0 Å². The highest BCUT2D eigenvalue weighted by molar-refractivity contribution is 6.87. The molecule has 1 atom stereocenters. The molecule has 0 saturated heterocycles. The molecule has 0 radical (unpaired) electrons. The Bertz CT molecular complexity index is 402. The summed E-state index contributed by atoms with van der Waals surface area (Å²) in [5, 5.41) is 40.6. The molecule has 11 heteroatoms. The third kappa shape index (κ3) is 12.8. The Morgan fingerprint density at radius 2 is 1.32 bits per heavy atom. The van der Waals surface area contributed by atoms with E-state index in [2.05, 4.69) is 51.1 Å². The molecule has 0 heterocycles. The van der Waals surface area contributed by atoms with E-state index in [1.165, 1.54) is 0 Å². The first-order valence-electron chi connectivity index (χ1n) is 9.93. The molecule has 0 rings (SSSR count). The molecule has 1 unspecified atom stereocenters. The van der Waals surface area contributed by atoms with E-state index in [-0.39, 0.29) is 13.2 Å². The Morgan fingerprint density at radius 3 is 1.71 bits per heavy atom. The Hall–Kier alpha value is 0.331. The average Bonchev–Trinajstić information content (AvgIpc) is 2.52. The van der Waals surface area contributed by atoms with Gasteiger partial charge in [-0.25, -0.2) is 0 Å². The van der Waals surface area contributed by atoms with Crippen molar-refractivity contribution in [3.8, 4) is 0 Å². The van der Waals surface area contributed by atoms with Gasteiger partial charge in [-0.3, -0.25) is 0 Å². The zero-order valence-corrected chi connectivity index (χ0v) is 21.7. The molecule has 0 amide bonds. The van der Waals surface area contributed by atoms with Crippen LogP contribution in [0, 0.1) is 0 Å². The fraction of sp³-hybridized carbons (Fsp3) is 1.00. The van der Waals surface area contributed by atoms with Gasteiger partial charge in [0.05, 0.1) is 38.1 Å². The minimum Gasteiger partial charge on any atom is -0.437 e. The molecule has 0 aliphatic rings. The molecular formula is C17H43NO7Si3. The normalized spacial score (nSPS) is 15.1. The van der Waals surface area contributed by atoms with E-state index < -0.39 is 56.7 Å². The maximum absolute atomic E-state index is 10.0. The first-order valence-corrected chi connectivity index (χ1v) is 19.3. The number of hydrogen-bond acceptors (Lipinski definition) is 8. The summed E-state index contributed by atoms with van der Waals surface area (Å²) >= 11 is 0. The number of β-amino-alcohol motifs (C(OH)–C–C–N with tert-alkyl or cyclic N) is 1. The van der Waals surface area contributed by atoms with Crippen LogP contribution in [0.15, 0.2) is 0 Å². The molecule has 0 aromatic carbocycles. The van der Waals surface area contributed by atoms with Crippen LogP contribution in [0.1, 0.15) is 6.42 Å². The summed E-state index contributed by atoms with van der Waals surface area (Å²) in [6.07, 6.45) is -0.00443. The van der Waals surface area contributed by atoms with Crippen molar-refractivity contribution in [2.75, 3.05) is 39.6 Å². The first kappa shape index (κ1) is 28.3. The quantitative estimate of drug-likeness (QED) is 0.171. The van der Waals surface area contributed by atoms with Gasteiger partial charge < -0.3 is 38.7 Å². The third-order valence-corrected chi connectivity index (χ3v) is 13.5. The van der Waals surface area contributed by atoms with Gasteiger partial charge in [-0.2, -0.15) is 0 Å². The predicted molar refractivity (Wildman–Crippen MR) is 119 cm³/mol. The number of aliphatic hydroxyl groups excluding tert-OH is 4. The lowest BCUT2D eigenvalue weighted by atomic mass is 10.0. The van der Waals surface area contributed by atoms with Gasteiger partial charge >= 0.3 is 8.56 Å². The molecule has 0 spiro atoms. The van der Waals surface area contributed by atoms with Gasteiger partial charge in [-0.05, 0) is 58.3 Å². The number of aliphatic hydroxyl groups is 4. The van der Waals surface area contributed by atoms with Crippen molar-refractivity contribution in [3.63, 3.8) is 0 Å². The van der Waals surface area contributed by atoms with Crippen molar-refractivity contribution >= 4 is 25.2 Å². The van der Waals surface area contributed by atoms with Crippen LogP contribution < -0.4 is 5.32 Å². The Balaban J connectivity index is 4.35. The molecule has 0 aromatic heterocycles. The fourth-order valence-electron chi connectivity index (χ4n) is 2.84. The van der Waals surface area contributed by atoms with Crippen LogP contribution in [0.3, 0.4) is 0 Å². The SMILES string of the molecule is C[Si](C)(C)O[Si](C)(CCCOCC(O)CNC(CO)(CO)CO)O[Si](C)(C)C. The maximum Gasteiger partial charge on any atom is 0.314 e. The van der Waals surface area contributed by atoms with E-state index in [1.807, 2.05) is 0 Å².